The molecule has 12 unspecified atom stereocenters. The molecule has 12 atom stereocenters. The molecule has 6 aliphatic rings. The number of carboxylic acid groups (broad SMARTS) is 1. The Labute approximate surface area is 302 Å². The van der Waals surface area contributed by atoms with E-state index in [1.54, 1.807) is 13.8 Å². The van der Waals surface area contributed by atoms with Gasteiger partial charge in [0.15, 0.2) is 5.78 Å². The third-order valence-corrected chi connectivity index (χ3v) is 16.0. The van der Waals surface area contributed by atoms with Gasteiger partial charge < -0.3 is 21.9 Å². The van der Waals surface area contributed by atoms with E-state index in [0.717, 1.165) is 37.7 Å². The van der Waals surface area contributed by atoms with E-state index in [-0.39, 0.29) is 45.8 Å². The maximum absolute atomic E-state index is 13.8. The predicted molar refractivity (Wildman–Crippen MR) is 198 cm³/mol. The number of ketones is 2. The summed E-state index contributed by atoms with van der Waals surface area (Å²) in [6, 6.07) is 0. The van der Waals surface area contributed by atoms with Gasteiger partial charge in [-0.15, -0.1) is 0 Å². The number of rotatable bonds is 9. The molecular formula is C42H69N3O5. The van der Waals surface area contributed by atoms with Crippen LogP contribution in [0.4, 0.5) is 0 Å². The summed E-state index contributed by atoms with van der Waals surface area (Å²) in [5, 5.41) is 12.5. The molecule has 0 aromatic heterocycles. The highest BCUT2D eigenvalue weighted by molar-refractivity contribution is 6.00. The molecule has 6 rings (SSSR count). The third kappa shape index (κ3) is 6.34. The standard InChI is InChI=1S/C41H64N2O5.CH5N/c1-22(2)34-32(45)21-41(17-18-43-37(48)38(5,6)42)16-13-30-26(35(34)41)9-10-33-39(7)14-11-25(23(3)29(39)12-15-40(30,33)8)19-31(44)27-20-28(24(27)4)36(46)47;1-2/h22-30,33H,9-21,42H2,1-8H3,(H,43,48)(H,46,47);2H2,1H3. The van der Waals surface area contributed by atoms with E-state index in [1.807, 2.05) is 6.92 Å². The van der Waals surface area contributed by atoms with Crippen LogP contribution in [0.5, 0.6) is 0 Å². The molecule has 6 N–H and O–H groups in total. The molecule has 5 saturated carbocycles. The third-order valence-electron chi connectivity index (χ3n) is 16.0. The van der Waals surface area contributed by atoms with Crippen LogP contribution in [-0.2, 0) is 19.2 Å². The molecule has 0 bridgehead atoms. The van der Waals surface area contributed by atoms with Crippen molar-refractivity contribution in [2.45, 2.75) is 138 Å². The number of nitrogens with one attached hydrogen (secondary N) is 1. The minimum atomic E-state index is -0.919. The molecule has 5 fully saturated rings. The lowest BCUT2D eigenvalue weighted by Crippen LogP contribution is -2.60. The molecule has 0 saturated heterocycles. The molecule has 8 nitrogen and oxygen atoms in total. The first-order valence-electron chi connectivity index (χ1n) is 20.0. The second-order valence-corrected chi connectivity index (χ2v) is 19.1. The summed E-state index contributed by atoms with van der Waals surface area (Å²) in [5.41, 5.74) is 12.6. The number of allylic oxidation sites excluding steroid dienone is 2. The highest BCUT2D eigenvalue weighted by atomic mass is 16.4. The number of Topliss-reactive ketones (excluding diaryl/α,β-unsaturated/α-hetero) is 2. The monoisotopic (exact) mass is 696 g/mol. The Morgan fingerprint density at radius 2 is 1.54 bits per heavy atom. The van der Waals surface area contributed by atoms with Crippen molar-refractivity contribution in [3.8, 4) is 0 Å². The van der Waals surface area contributed by atoms with E-state index in [2.05, 4.69) is 45.7 Å². The SMILES string of the molecule is CC(C)C1=C2C3CCC4C(C)(CCC5C(C)C(CC(=O)C6CC(C(=O)O)C6C)CCC54C)C3CCC2(CCNC(=O)C(C)(C)N)CC1=O.CN. The Balaban J connectivity index is 0.00000239. The summed E-state index contributed by atoms with van der Waals surface area (Å²) in [6.45, 7) is 18.0. The molecule has 6 aliphatic carbocycles. The minimum Gasteiger partial charge on any atom is -0.481 e. The normalized spacial score (nSPS) is 42.2. The van der Waals surface area contributed by atoms with Crippen molar-refractivity contribution in [3.63, 3.8) is 0 Å². The average molecular weight is 696 g/mol. The second kappa shape index (κ2) is 14.1. The number of fused-ring (bicyclic) bond motifs is 7. The molecule has 0 aliphatic heterocycles. The highest BCUT2D eigenvalue weighted by Gasteiger charge is 2.64. The van der Waals surface area contributed by atoms with Crippen LogP contribution in [0, 0.1) is 75.4 Å². The maximum atomic E-state index is 13.8. The number of carbonyl (C=O) groups excluding carboxylic acids is 3. The fourth-order valence-electron chi connectivity index (χ4n) is 13.3. The van der Waals surface area contributed by atoms with E-state index in [4.69, 9.17) is 5.73 Å². The number of carbonyl (C=O) groups is 4. The van der Waals surface area contributed by atoms with Gasteiger partial charge in [-0.3, -0.25) is 19.2 Å². The molecule has 50 heavy (non-hydrogen) atoms. The summed E-state index contributed by atoms with van der Waals surface area (Å²) in [5.74, 6) is 2.65. The lowest BCUT2D eigenvalue weighted by molar-refractivity contribution is -0.172. The van der Waals surface area contributed by atoms with Crippen LogP contribution < -0.4 is 16.8 Å². The van der Waals surface area contributed by atoms with Crippen LogP contribution in [-0.4, -0.2) is 47.7 Å². The maximum Gasteiger partial charge on any atom is 0.306 e. The van der Waals surface area contributed by atoms with Gasteiger partial charge in [0.2, 0.25) is 5.91 Å². The van der Waals surface area contributed by atoms with Crippen LogP contribution in [0.3, 0.4) is 0 Å². The van der Waals surface area contributed by atoms with E-state index in [9.17, 15) is 24.3 Å². The van der Waals surface area contributed by atoms with Crippen molar-refractivity contribution in [2.75, 3.05) is 13.6 Å². The zero-order chi connectivity index (χ0) is 37.1. The quantitative estimate of drug-likeness (QED) is 0.204. The lowest BCUT2D eigenvalue weighted by Gasteiger charge is -2.67. The Kier molecular flexibility index (Phi) is 11.0. The molecular weight excluding hydrogens is 626 g/mol. The summed E-state index contributed by atoms with van der Waals surface area (Å²) >= 11 is 0. The first kappa shape index (κ1) is 39.2. The van der Waals surface area contributed by atoms with Crippen molar-refractivity contribution in [3.05, 3.63) is 11.1 Å². The number of carboxylic acids is 1. The molecule has 8 heteroatoms. The average Bonchev–Trinajstić information content (AvgIpc) is 3.34. The topological polar surface area (TPSA) is 153 Å². The predicted octanol–water partition coefficient (Wildman–Crippen LogP) is 6.94. The van der Waals surface area contributed by atoms with Crippen molar-refractivity contribution >= 4 is 23.4 Å². The number of nitrogens with two attached hydrogens (primary N) is 2. The van der Waals surface area contributed by atoms with E-state index in [0.29, 0.717) is 72.9 Å². The molecule has 0 aromatic rings. The Bertz CT molecular complexity index is 1380. The van der Waals surface area contributed by atoms with Crippen molar-refractivity contribution in [1.29, 1.82) is 0 Å². The first-order valence-corrected chi connectivity index (χ1v) is 20.0. The fourth-order valence-corrected chi connectivity index (χ4v) is 13.3. The highest BCUT2D eigenvalue weighted by Crippen LogP contribution is 2.72. The second-order valence-electron chi connectivity index (χ2n) is 19.1. The van der Waals surface area contributed by atoms with Crippen molar-refractivity contribution in [1.82, 2.24) is 5.32 Å². The zero-order valence-electron chi connectivity index (χ0n) is 32.7. The van der Waals surface area contributed by atoms with E-state index in [1.165, 1.54) is 38.3 Å². The van der Waals surface area contributed by atoms with Crippen LogP contribution in [0.15, 0.2) is 11.1 Å². The van der Waals surface area contributed by atoms with Crippen LogP contribution in [0.1, 0.15) is 132 Å². The van der Waals surface area contributed by atoms with Crippen LogP contribution in [0.2, 0.25) is 0 Å². The number of amides is 1. The van der Waals surface area contributed by atoms with Gasteiger partial charge in [-0.05, 0) is 149 Å². The number of hydrogen-bond acceptors (Lipinski definition) is 6. The Morgan fingerprint density at radius 1 is 0.920 bits per heavy atom. The fraction of sp³-hybridized carbons (Fsp3) is 0.857. The Morgan fingerprint density at radius 3 is 2.14 bits per heavy atom. The van der Waals surface area contributed by atoms with E-state index < -0.39 is 11.5 Å². The van der Waals surface area contributed by atoms with Crippen molar-refractivity contribution < 1.29 is 24.3 Å². The molecule has 0 heterocycles. The summed E-state index contributed by atoms with van der Waals surface area (Å²) < 4.78 is 0. The van der Waals surface area contributed by atoms with Gasteiger partial charge >= 0.3 is 5.97 Å². The van der Waals surface area contributed by atoms with Gasteiger partial charge in [0.05, 0.1) is 11.5 Å². The Hall–Kier alpha value is -2.06. The number of aliphatic carboxylic acids is 1. The summed E-state index contributed by atoms with van der Waals surface area (Å²) in [7, 11) is 1.50. The van der Waals surface area contributed by atoms with Crippen LogP contribution in [0.25, 0.3) is 0 Å². The van der Waals surface area contributed by atoms with Gasteiger partial charge in [-0.25, -0.2) is 0 Å². The van der Waals surface area contributed by atoms with Gasteiger partial charge in [-0.2, -0.15) is 0 Å². The summed E-state index contributed by atoms with van der Waals surface area (Å²) in [4.78, 5) is 51.3. The first-order chi connectivity index (χ1) is 23.4. The largest absolute Gasteiger partial charge is 0.481 e. The minimum absolute atomic E-state index is 0.0442. The molecule has 1 amide bonds. The van der Waals surface area contributed by atoms with Crippen molar-refractivity contribution in [2.24, 2.45) is 86.9 Å². The molecule has 0 spiro atoms. The van der Waals surface area contributed by atoms with Gasteiger partial charge in [0, 0.05) is 30.7 Å². The molecule has 0 aromatic carbocycles. The van der Waals surface area contributed by atoms with Gasteiger partial charge in [-0.1, -0.05) is 47.1 Å². The van der Waals surface area contributed by atoms with Gasteiger partial charge in [0.25, 0.3) is 0 Å². The smallest absolute Gasteiger partial charge is 0.306 e. The summed E-state index contributed by atoms with van der Waals surface area (Å²) in [6.07, 6.45) is 11.8. The lowest BCUT2D eigenvalue weighted by atomic mass is 9.37. The molecule has 0 radical (unpaired) electrons. The van der Waals surface area contributed by atoms with Crippen LogP contribution >= 0.6 is 0 Å². The molecule has 282 valence electrons. The van der Waals surface area contributed by atoms with E-state index >= 15 is 0 Å². The van der Waals surface area contributed by atoms with Gasteiger partial charge in [0.1, 0.15) is 5.78 Å². The zero-order valence-corrected chi connectivity index (χ0v) is 32.7. The number of hydrogen-bond donors (Lipinski definition) is 4.